The van der Waals surface area contributed by atoms with E-state index in [4.69, 9.17) is 0 Å². The van der Waals surface area contributed by atoms with Crippen molar-refractivity contribution >= 4 is 30.1 Å². The molecule has 20 heavy (non-hydrogen) atoms. The highest BCUT2D eigenvalue weighted by atomic mass is 35.5. The molecule has 0 aromatic heterocycles. The van der Waals surface area contributed by atoms with E-state index in [1.807, 2.05) is 25.1 Å². The zero-order chi connectivity index (χ0) is 13.5. The molecule has 1 saturated heterocycles. The van der Waals surface area contributed by atoms with Crippen LogP contribution in [0.15, 0.2) is 35.2 Å². The largest absolute Gasteiger partial charge is 0.352 e. The molecule has 1 aromatic carbocycles. The van der Waals surface area contributed by atoms with Gasteiger partial charge in [-0.2, -0.15) is 0 Å². The topological polar surface area (TPSA) is 41.1 Å². The molecule has 1 aromatic rings. The maximum atomic E-state index is 12.1. The third-order valence-corrected chi connectivity index (χ3v) is 4.61. The summed E-state index contributed by atoms with van der Waals surface area (Å²) in [6.45, 7) is 3.98. The van der Waals surface area contributed by atoms with Crippen LogP contribution in [0, 0.1) is 5.92 Å². The molecule has 1 unspecified atom stereocenters. The molecule has 0 aliphatic carbocycles. The van der Waals surface area contributed by atoms with Gasteiger partial charge < -0.3 is 10.6 Å². The number of rotatable bonds is 5. The van der Waals surface area contributed by atoms with Gasteiger partial charge in [-0.05, 0) is 31.5 Å². The van der Waals surface area contributed by atoms with Gasteiger partial charge in [0.1, 0.15) is 0 Å². The van der Waals surface area contributed by atoms with Crippen LogP contribution in [0.1, 0.15) is 19.8 Å². The maximum absolute atomic E-state index is 12.1. The fraction of sp³-hybridized carbons (Fsp3) is 0.533. The SMILES string of the molecule is CC(CSc1ccccc1)C(=O)N[C@H]1CCCNC1.Cl. The fourth-order valence-electron chi connectivity index (χ4n) is 2.13. The molecule has 0 spiro atoms. The van der Waals surface area contributed by atoms with Crippen molar-refractivity contribution in [3.63, 3.8) is 0 Å². The molecule has 5 heteroatoms. The maximum Gasteiger partial charge on any atom is 0.223 e. The molecule has 0 saturated carbocycles. The van der Waals surface area contributed by atoms with Crippen molar-refractivity contribution in [2.24, 2.45) is 5.92 Å². The molecule has 1 aliphatic rings. The van der Waals surface area contributed by atoms with Crippen molar-refractivity contribution in [3.05, 3.63) is 30.3 Å². The van der Waals surface area contributed by atoms with Crippen LogP contribution in [0.3, 0.4) is 0 Å². The number of nitrogens with one attached hydrogen (secondary N) is 2. The van der Waals surface area contributed by atoms with E-state index in [0.717, 1.165) is 31.7 Å². The Balaban J connectivity index is 0.00000200. The van der Waals surface area contributed by atoms with Crippen molar-refractivity contribution < 1.29 is 4.79 Å². The highest BCUT2D eigenvalue weighted by Gasteiger charge is 2.19. The number of piperidine rings is 1. The van der Waals surface area contributed by atoms with Gasteiger partial charge in [-0.15, -0.1) is 24.2 Å². The molecule has 2 atom stereocenters. The average Bonchev–Trinajstić information content (AvgIpc) is 2.47. The predicted molar refractivity (Wildman–Crippen MR) is 87.6 cm³/mol. The van der Waals surface area contributed by atoms with Crippen molar-refractivity contribution in [1.82, 2.24) is 10.6 Å². The first kappa shape index (κ1) is 17.3. The molecule has 0 radical (unpaired) electrons. The van der Waals surface area contributed by atoms with Crippen LogP contribution in [0.5, 0.6) is 0 Å². The lowest BCUT2D eigenvalue weighted by Crippen LogP contribution is -2.47. The van der Waals surface area contributed by atoms with Gasteiger partial charge in [0.2, 0.25) is 5.91 Å². The van der Waals surface area contributed by atoms with Crippen LogP contribution in [-0.2, 0) is 4.79 Å². The fourth-order valence-corrected chi connectivity index (χ4v) is 3.08. The Morgan fingerprint density at radius 2 is 2.20 bits per heavy atom. The first-order valence-corrected chi connectivity index (χ1v) is 7.93. The standard InChI is InChI=1S/C15H22N2OS.ClH/c1-12(11-19-14-7-3-2-4-8-14)15(18)17-13-6-5-9-16-10-13;/h2-4,7-8,12-13,16H,5-6,9-11H2,1H3,(H,17,18);1H/t12?,13-;/m0./s1. The van der Waals surface area contributed by atoms with E-state index in [0.29, 0.717) is 6.04 Å². The first-order valence-electron chi connectivity index (χ1n) is 6.94. The van der Waals surface area contributed by atoms with Gasteiger partial charge in [0.25, 0.3) is 0 Å². The summed E-state index contributed by atoms with van der Waals surface area (Å²) in [6.07, 6.45) is 2.25. The number of carbonyl (C=O) groups excluding carboxylic acids is 1. The molecule has 1 aliphatic heterocycles. The number of hydrogen-bond acceptors (Lipinski definition) is 3. The van der Waals surface area contributed by atoms with Crippen molar-refractivity contribution in [2.75, 3.05) is 18.8 Å². The minimum absolute atomic E-state index is 0. The Hall–Kier alpha value is -0.710. The van der Waals surface area contributed by atoms with Gasteiger partial charge in [-0.25, -0.2) is 0 Å². The van der Waals surface area contributed by atoms with Gasteiger partial charge >= 0.3 is 0 Å². The lowest BCUT2D eigenvalue weighted by molar-refractivity contribution is -0.124. The van der Waals surface area contributed by atoms with Gasteiger partial charge in [0, 0.05) is 29.2 Å². The Labute approximate surface area is 131 Å². The Morgan fingerprint density at radius 3 is 2.85 bits per heavy atom. The smallest absolute Gasteiger partial charge is 0.223 e. The van der Waals surface area contributed by atoms with Crippen LogP contribution in [-0.4, -0.2) is 30.8 Å². The van der Waals surface area contributed by atoms with E-state index in [1.165, 1.54) is 4.90 Å². The van der Waals surface area contributed by atoms with Crippen molar-refractivity contribution in [3.8, 4) is 0 Å². The van der Waals surface area contributed by atoms with E-state index in [1.54, 1.807) is 11.8 Å². The number of amides is 1. The van der Waals surface area contributed by atoms with Gasteiger partial charge in [-0.1, -0.05) is 25.1 Å². The summed E-state index contributed by atoms with van der Waals surface area (Å²) in [7, 11) is 0. The molecule has 2 rings (SSSR count). The molecular weight excluding hydrogens is 292 g/mol. The quantitative estimate of drug-likeness (QED) is 0.821. The van der Waals surface area contributed by atoms with Crippen LogP contribution < -0.4 is 10.6 Å². The Kier molecular flexibility index (Phi) is 8.04. The van der Waals surface area contributed by atoms with E-state index in [9.17, 15) is 4.79 Å². The molecule has 1 amide bonds. The Morgan fingerprint density at radius 1 is 1.45 bits per heavy atom. The highest BCUT2D eigenvalue weighted by molar-refractivity contribution is 7.99. The van der Waals surface area contributed by atoms with E-state index in [2.05, 4.69) is 22.8 Å². The lowest BCUT2D eigenvalue weighted by atomic mass is 10.1. The van der Waals surface area contributed by atoms with E-state index < -0.39 is 0 Å². The minimum Gasteiger partial charge on any atom is -0.352 e. The predicted octanol–water partition coefficient (Wildman–Crippen LogP) is 2.70. The zero-order valence-electron chi connectivity index (χ0n) is 11.8. The average molecular weight is 315 g/mol. The van der Waals surface area contributed by atoms with Gasteiger partial charge in [-0.3, -0.25) is 4.79 Å². The summed E-state index contributed by atoms with van der Waals surface area (Å²) in [5.41, 5.74) is 0. The molecule has 3 nitrogen and oxygen atoms in total. The summed E-state index contributed by atoms with van der Waals surface area (Å²) in [5, 5.41) is 6.46. The molecule has 2 N–H and O–H groups in total. The minimum atomic E-state index is 0. The second kappa shape index (κ2) is 9.27. The van der Waals surface area contributed by atoms with Crippen LogP contribution >= 0.6 is 24.2 Å². The highest BCUT2D eigenvalue weighted by Crippen LogP contribution is 2.20. The second-order valence-electron chi connectivity index (χ2n) is 5.08. The number of hydrogen-bond donors (Lipinski definition) is 2. The zero-order valence-corrected chi connectivity index (χ0v) is 13.4. The first-order chi connectivity index (χ1) is 9.25. The van der Waals surface area contributed by atoms with Gasteiger partial charge in [0.15, 0.2) is 0 Å². The number of carbonyl (C=O) groups is 1. The lowest BCUT2D eigenvalue weighted by Gasteiger charge is -2.25. The number of benzene rings is 1. The molecule has 1 fully saturated rings. The third kappa shape index (κ3) is 5.73. The second-order valence-corrected chi connectivity index (χ2v) is 6.17. The molecule has 112 valence electrons. The van der Waals surface area contributed by atoms with E-state index >= 15 is 0 Å². The summed E-state index contributed by atoms with van der Waals surface area (Å²) >= 11 is 1.74. The van der Waals surface area contributed by atoms with Crippen molar-refractivity contribution in [2.45, 2.75) is 30.7 Å². The third-order valence-electron chi connectivity index (χ3n) is 3.33. The van der Waals surface area contributed by atoms with Crippen molar-refractivity contribution in [1.29, 1.82) is 0 Å². The number of halogens is 1. The monoisotopic (exact) mass is 314 g/mol. The molecule has 0 bridgehead atoms. The summed E-state index contributed by atoms with van der Waals surface area (Å²) in [4.78, 5) is 13.3. The summed E-state index contributed by atoms with van der Waals surface area (Å²) in [5.74, 6) is 1.06. The van der Waals surface area contributed by atoms with Crippen LogP contribution in [0.2, 0.25) is 0 Å². The van der Waals surface area contributed by atoms with Gasteiger partial charge in [0.05, 0.1) is 0 Å². The summed E-state index contributed by atoms with van der Waals surface area (Å²) in [6, 6.07) is 10.5. The Bertz CT molecular complexity index is 396. The van der Waals surface area contributed by atoms with E-state index in [-0.39, 0.29) is 24.2 Å². The van der Waals surface area contributed by atoms with Crippen LogP contribution in [0.25, 0.3) is 0 Å². The number of thioether (sulfide) groups is 1. The molecule has 1 heterocycles. The summed E-state index contributed by atoms with van der Waals surface area (Å²) < 4.78 is 0. The normalized spacial score (nSPS) is 19.8. The molecular formula is C15H23ClN2OS. The van der Waals surface area contributed by atoms with Crippen LogP contribution in [0.4, 0.5) is 0 Å².